The first-order valence-corrected chi connectivity index (χ1v) is 10.1. The second-order valence-corrected chi connectivity index (χ2v) is 8.14. The van der Waals surface area contributed by atoms with Crippen LogP contribution in [-0.4, -0.2) is 43.1 Å². The zero-order valence-corrected chi connectivity index (χ0v) is 14.6. The smallest absolute Gasteiger partial charge is 0.211 e. The molecule has 0 spiro atoms. The van der Waals surface area contributed by atoms with Crippen LogP contribution in [0.4, 0.5) is 0 Å². The van der Waals surface area contributed by atoms with Gasteiger partial charge in [-0.25, -0.2) is 8.42 Å². The number of sulfonamides is 1. The minimum absolute atomic E-state index is 0.0213. The van der Waals surface area contributed by atoms with Gasteiger partial charge in [-0.15, -0.1) is 0 Å². The van der Waals surface area contributed by atoms with E-state index in [-0.39, 0.29) is 12.1 Å². The van der Waals surface area contributed by atoms with Crippen molar-refractivity contribution in [1.82, 2.24) is 14.6 Å². The summed E-state index contributed by atoms with van der Waals surface area (Å²) in [6.07, 6.45) is 6.68. The van der Waals surface area contributed by atoms with Gasteiger partial charge >= 0.3 is 0 Å². The number of benzene rings is 1. The van der Waals surface area contributed by atoms with Gasteiger partial charge in [0.1, 0.15) is 0 Å². The van der Waals surface area contributed by atoms with E-state index in [2.05, 4.69) is 22.4 Å². The molecule has 0 bridgehead atoms. The summed E-state index contributed by atoms with van der Waals surface area (Å²) in [7, 11) is -3.15. The van der Waals surface area contributed by atoms with E-state index in [1.54, 1.807) is 16.7 Å². The minimum atomic E-state index is -3.15. The third-order valence-corrected chi connectivity index (χ3v) is 5.81. The van der Waals surface area contributed by atoms with Gasteiger partial charge in [0.05, 0.1) is 12.3 Å². The lowest BCUT2D eigenvalue weighted by Gasteiger charge is -2.26. The van der Waals surface area contributed by atoms with E-state index in [0.29, 0.717) is 13.1 Å². The van der Waals surface area contributed by atoms with E-state index in [9.17, 15) is 8.42 Å². The fraction of sp³-hybridized carbons (Fsp3) is 0.389. The molecule has 1 fully saturated rings. The molecule has 0 amide bonds. The van der Waals surface area contributed by atoms with Crippen LogP contribution in [0.25, 0.3) is 0 Å². The summed E-state index contributed by atoms with van der Waals surface area (Å²) in [6, 6.07) is 14.2. The van der Waals surface area contributed by atoms with E-state index in [4.69, 9.17) is 0 Å². The van der Waals surface area contributed by atoms with Crippen LogP contribution in [0.2, 0.25) is 0 Å². The molecule has 24 heavy (non-hydrogen) atoms. The molecule has 2 aromatic rings. The Morgan fingerprint density at radius 1 is 1.17 bits per heavy atom. The van der Waals surface area contributed by atoms with Gasteiger partial charge in [-0.2, -0.15) is 4.31 Å². The molecule has 0 unspecified atom stereocenters. The molecule has 0 saturated carbocycles. The van der Waals surface area contributed by atoms with Crippen molar-refractivity contribution in [2.24, 2.45) is 0 Å². The van der Waals surface area contributed by atoms with E-state index < -0.39 is 10.0 Å². The first kappa shape index (κ1) is 17.1. The van der Waals surface area contributed by atoms with Crippen LogP contribution in [0.1, 0.15) is 30.0 Å². The number of nitrogens with zero attached hydrogens (tertiary/aromatic N) is 2. The van der Waals surface area contributed by atoms with Crippen LogP contribution >= 0.6 is 0 Å². The van der Waals surface area contributed by atoms with Crippen LogP contribution < -0.4 is 5.32 Å². The molecule has 2 heterocycles. The SMILES string of the molecule is CS(=O)(=O)N1CCC[C@@H]1CN[C@@H](c1ccccc1)c1ccncc1. The van der Waals surface area contributed by atoms with Gasteiger partial charge in [0, 0.05) is 31.5 Å². The maximum Gasteiger partial charge on any atom is 0.211 e. The van der Waals surface area contributed by atoms with Crippen molar-refractivity contribution < 1.29 is 8.42 Å². The quantitative estimate of drug-likeness (QED) is 0.872. The summed E-state index contributed by atoms with van der Waals surface area (Å²) < 4.78 is 25.5. The molecule has 128 valence electrons. The van der Waals surface area contributed by atoms with Gasteiger partial charge in [0.25, 0.3) is 0 Å². The number of hydrogen-bond acceptors (Lipinski definition) is 4. The van der Waals surface area contributed by atoms with Crippen LogP contribution in [0.15, 0.2) is 54.9 Å². The van der Waals surface area contributed by atoms with Gasteiger partial charge in [-0.05, 0) is 36.1 Å². The number of hydrogen-bond donors (Lipinski definition) is 1. The summed E-state index contributed by atoms with van der Waals surface area (Å²) in [5.41, 5.74) is 2.28. The maximum absolute atomic E-state index is 11.9. The van der Waals surface area contributed by atoms with Crippen LogP contribution in [-0.2, 0) is 10.0 Å². The first-order valence-electron chi connectivity index (χ1n) is 8.21. The lowest BCUT2D eigenvalue weighted by molar-refractivity contribution is 0.367. The number of aromatic nitrogens is 1. The van der Waals surface area contributed by atoms with Crippen molar-refractivity contribution in [3.8, 4) is 0 Å². The lowest BCUT2D eigenvalue weighted by atomic mass is 9.99. The summed E-state index contributed by atoms with van der Waals surface area (Å²) in [6.45, 7) is 1.26. The highest BCUT2D eigenvalue weighted by molar-refractivity contribution is 7.88. The zero-order valence-electron chi connectivity index (χ0n) is 13.8. The third kappa shape index (κ3) is 4.01. The van der Waals surface area contributed by atoms with Gasteiger partial charge in [-0.3, -0.25) is 4.98 Å². The highest BCUT2D eigenvalue weighted by atomic mass is 32.2. The summed E-state index contributed by atoms with van der Waals surface area (Å²) in [4.78, 5) is 4.09. The Bertz CT molecular complexity index is 711. The Labute approximate surface area is 143 Å². The van der Waals surface area contributed by atoms with E-state index in [0.717, 1.165) is 24.0 Å². The Kier molecular flexibility index (Phi) is 5.28. The molecule has 1 aliphatic heterocycles. The second kappa shape index (κ2) is 7.42. The van der Waals surface area contributed by atoms with Gasteiger partial charge in [0.15, 0.2) is 0 Å². The van der Waals surface area contributed by atoms with Crippen molar-refractivity contribution in [1.29, 1.82) is 0 Å². The molecule has 0 radical (unpaired) electrons. The molecule has 1 aromatic carbocycles. The maximum atomic E-state index is 11.9. The fourth-order valence-electron chi connectivity index (χ4n) is 3.33. The highest BCUT2D eigenvalue weighted by Crippen LogP contribution is 2.24. The molecule has 5 nitrogen and oxygen atoms in total. The molecule has 0 aliphatic carbocycles. The second-order valence-electron chi connectivity index (χ2n) is 6.20. The molecule has 1 aromatic heterocycles. The van der Waals surface area contributed by atoms with E-state index in [1.807, 2.05) is 30.3 Å². The molecular weight excluding hydrogens is 322 g/mol. The Morgan fingerprint density at radius 3 is 2.50 bits per heavy atom. The summed E-state index contributed by atoms with van der Waals surface area (Å²) in [5.74, 6) is 0. The number of nitrogens with one attached hydrogen (secondary N) is 1. The monoisotopic (exact) mass is 345 g/mol. The normalized spacial score (nSPS) is 20.1. The predicted octanol–water partition coefficient (Wildman–Crippen LogP) is 2.18. The number of rotatable bonds is 6. The molecule has 2 atom stereocenters. The first-order chi connectivity index (χ1) is 11.6. The van der Waals surface area contributed by atoms with Crippen molar-refractivity contribution in [3.05, 3.63) is 66.0 Å². The standard InChI is InChI=1S/C18H23N3O2S/c1-24(22,23)21-13-5-8-17(21)14-20-18(15-6-3-2-4-7-15)16-9-11-19-12-10-16/h2-4,6-7,9-12,17-18,20H,5,8,13-14H2,1H3/t17-,18+/m1/s1. The predicted molar refractivity (Wildman–Crippen MR) is 95.1 cm³/mol. The van der Waals surface area contributed by atoms with Crippen LogP contribution in [0.3, 0.4) is 0 Å². The third-order valence-electron chi connectivity index (χ3n) is 4.48. The highest BCUT2D eigenvalue weighted by Gasteiger charge is 2.31. The molecule has 1 N–H and O–H groups in total. The van der Waals surface area contributed by atoms with Crippen LogP contribution in [0, 0.1) is 0 Å². The average Bonchev–Trinajstić information content (AvgIpc) is 3.06. The van der Waals surface area contributed by atoms with Crippen molar-refractivity contribution >= 4 is 10.0 Å². The average molecular weight is 345 g/mol. The van der Waals surface area contributed by atoms with Gasteiger partial charge in [-0.1, -0.05) is 30.3 Å². The topological polar surface area (TPSA) is 62.3 Å². The van der Waals surface area contributed by atoms with E-state index >= 15 is 0 Å². The summed E-state index contributed by atoms with van der Waals surface area (Å²) >= 11 is 0. The lowest BCUT2D eigenvalue weighted by Crippen LogP contribution is -2.42. The Balaban J connectivity index is 1.78. The molecule has 3 rings (SSSR count). The molecule has 1 aliphatic rings. The zero-order chi connectivity index (χ0) is 17.0. The molecule has 6 heteroatoms. The van der Waals surface area contributed by atoms with Crippen LogP contribution in [0.5, 0.6) is 0 Å². The Morgan fingerprint density at radius 2 is 1.83 bits per heavy atom. The molecule has 1 saturated heterocycles. The molecular formula is C18H23N3O2S. The van der Waals surface area contributed by atoms with E-state index in [1.165, 1.54) is 6.26 Å². The fourth-order valence-corrected chi connectivity index (χ4v) is 4.52. The van der Waals surface area contributed by atoms with Crippen molar-refractivity contribution in [2.45, 2.75) is 24.9 Å². The number of pyridine rings is 1. The Hall–Kier alpha value is -1.76. The van der Waals surface area contributed by atoms with Crippen molar-refractivity contribution in [2.75, 3.05) is 19.3 Å². The van der Waals surface area contributed by atoms with Gasteiger partial charge in [0.2, 0.25) is 10.0 Å². The summed E-state index contributed by atoms with van der Waals surface area (Å²) in [5, 5.41) is 3.56. The van der Waals surface area contributed by atoms with Crippen molar-refractivity contribution in [3.63, 3.8) is 0 Å². The van der Waals surface area contributed by atoms with Gasteiger partial charge < -0.3 is 5.32 Å². The minimum Gasteiger partial charge on any atom is -0.305 e. The largest absolute Gasteiger partial charge is 0.305 e.